The molecule has 0 aromatic heterocycles. The van der Waals surface area contributed by atoms with Crippen LogP contribution in [0.15, 0.2) is 12.1 Å². The largest absolute Gasteiger partial charge is 0.496 e. The van der Waals surface area contributed by atoms with Gasteiger partial charge in [-0.1, -0.05) is 0 Å². The van der Waals surface area contributed by atoms with Gasteiger partial charge in [-0.2, -0.15) is 0 Å². The van der Waals surface area contributed by atoms with Gasteiger partial charge in [-0.05, 0) is 37.1 Å². The molecule has 1 rings (SSSR count). The highest BCUT2D eigenvalue weighted by Gasteiger charge is 2.15. The lowest BCUT2D eigenvalue weighted by atomic mass is 10.0. The maximum Gasteiger partial charge on any atom is 0.177 e. The van der Waals surface area contributed by atoms with Crippen molar-refractivity contribution in [3.8, 4) is 5.75 Å². The number of carbonyl (C=O) groups excluding carboxylic acids is 1. The van der Waals surface area contributed by atoms with Gasteiger partial charge in [-0.3, -0.25) is 4.79 Å². The van der Waals surface area contributed by atoms with Gasteiger partial charge in [0.15, 0.2) is 15.6 Å². The summed E-state index contributed by atoms with van der Waals surface area (Å²) in [5.41, 5.74) is 2.06. The highest BCUT2D eigenvalue weighted by Crippen LogP contribution is 2.24. The standard InChI is InChI=1S/C12H16O4S/c1-8-5-10(6-9(2)12(8)16-3)11(13)7-17(4,14)15/h5-6H,7H2,1-4H3. The molecule has 1 aromatic rings. The number of rotatable bonds is 4. The van der Waals surface area contributed by atoms with Crippen LogP contribution in [0.4, 0.5) is 0 Å². The molecule has 0 atom stereocenters. The van der Waals surface area contributed by atoms with Crippen LogP contribution in [-0.2, 0) is 9.84 Å². The summed E-state index contributed by atoms with van der Waals surface area (Å²) >= 11 is 0. The van der Waals surface area contributed by atoms with Crippen LogP contribution >= 0.6 is 0 Å². The number of Topliss-reactive ketones (excluding diaryl/α,β-unsaturated/α-hetero) is 1. The SMILES string of the molecule is COc1c(C)cc(C(=O)CS(C)(=O)=O)cc1C. The number of carbonyl (C=O) groups is 1. The molecule has 0 aliphatic heterocycles. The molecule has 94 valence electrons. The molecule has 0 fully saturated rings. The number of aryl methyl sites for hydroxylation is 2. The van der Waals surface area contributed by atoms with Crippen LogP contribution in [0.1, 0.15) is 21.5 Å². The van der Waals surface area contributed by atoms with Gasteiger partial charge >= 0.3 is 0 Å². The van der Waals surface area contributed by atoms with Gasteiger partial charge in [0, 0.05) is 11.8 Å². The van der Waals surface area contributed by atoms with Crippen LogP contribution in [-0.4, -0.2) is 33.3 Å². The predicted molar refractivity (Wildman–Crippen MR) is 66.5 cm³/mol. The number of ether oxygens (including phenoxy) is 1. The summed E-state index contributed by atoms with van der Waals surface area (Å²) in [5.74, 6) is -0.125. The molecule has 17 heavy (non-hydrogen) atoms. The Morgan fingerprint density at radius 3 is 2.06 bits per heavy atom. The molecule has 0 saturated heterocycles. The molecule has 0 aliphatic carbocycles. The molecule has 5 heteroatoms. The Morgan fingerprint density at radius 2 is 1.71 bits per heavy atom. The Bertz CT molecular complexity index is 521. The topological polar surface area (TPSA) is 60.4 Å². The Balaban J connectivity index is 3.13. The summed E-state index contributed by atoms with van der Waals surface area (Å²) in [4.78, 5) is 11.7. The Labute approximate surface area is 102 Å². The molecule has 1 aromatic carbocycles. The van der Waals surface area contributed by atoms with Crippen LogP contribution in [0.2, 0.25) is 0 Å². The van der Waals surface area contributed by atoms with E-state index in [0.29, 0.717) is 5.56 Å². The van der Waals surface area contributed by atoms with E-state index >= 15 is 0 Å². The molecule has 0 spiro atoms. The highest BCUT2D eigenvalue weighted by atomic mass is 32.2. The van der Waals surface area contributed by atoms with Crippen molar-refractivity contribution in [3.63, 3.8) is 0 Å². The first-order valence-electron chi connectivity index (χ1n) is 5.11. The fourth-order valence-electron chi connectivity index (χ4n) is 1.75. The van der Waals surface area contributed by atoms with Gasteiger partial charge in [-0.25, -0.2) is 8.42 Å². The van der Waals surface area contributed by atoms with E-state index in [1.807, 2.05) is 13.8 Å². The second-order valence-corrected chi connectivity index (χ2v) is 6.28. The lowest BCUT2D eigenvalue weighted by Gasteiger charge is -2.10. The van der Waals surface area contributed by atoms with Crippen molar-refractivity contribution in [3.05, 3.63) is 28.8 Å². The number of ketones is 1. The fourth-order valence-corrected chi connectivity index (χ4v) is 2.40. The maximum atomic E-state index is 11.7. The molecular weight excluding hydrogens is 240 g/mol. The first-order chi connectivity index (χ1) is 7.74. The van der Waals surface area contributed by atoms with Crippen molar-refractivity contribution < 1.29 is 17.9 Å². The molecular formula is C12H16O4S. The maximum absolute atomic E-state index is 11.7. The van der Waals surface area contributed by atoms with E-state index in [0.717, 1.165) is 23.1 Å². The quantitative estimate of drug-likeness (QED) is 0.767. The van der Waals surface area contributed by atoms with Crippen molar-refractivity contribution in [2.24, 2.45) is 0 Å². The lowest BCUT2D eigenvalue weighted by molar-refractivity contribution is 0.102. The molecule has 0 saturated carbocycles. The molecule has 0 radical (unpaired) electrons. The first-order valence-corrected chi connectivity index (χ1v) is 7.17. The van der Waals surface area contributed by atoms with Crippen molar-refractivity contribution in [1.29, 1.82) is 0 Å². The van der Waals surface area contributed by atoms with Gasteiger partial charge in [0.05, 0.1) is 7.11 Å². The minimum absolute atomic E-state index is 0.388. The average molecular weight is 256 g/mol. The normalized spacial score (nSPS) is 11.3. The molecule has 0 unspecified atom stereocenters. The van der Waals surface area contributed by atoms with Crippen molar-refractivity contribution in [2.75, 3.05) is 19.1 Å². The smallest absolute Gasteiger partial charge is 0.177 e. The third-order valence-electron chi connectivity index (χ3n) is 2.38. The van der Waals surface area contributed by atoms with Gasteiger partial charge < -0.3 is 4.74 Å². The van der Waals surface area contributed by atoms with E-state index in [-0.39, 0.29) is 5.78 Å². The van der Waals surface area contributed by atoms with Crippen LogP contribution in [0, 0.1) is 13.8 Å². The monoisotopic (exact) mass is 256 g/mol. The van der Waals surface area contributed by atoms with Crippen LogP contribution in [0.5, 0.6) is 5.75 Å². The molecule has 0 amide bonds. The molecule has 0 aliphatic rings. The zero-order chi connectivity index (χ0) is 13.2. The molecule has 0 heterocycles. The lowest BCUT2D eigenvalue weighted by Crippen LogP contribution is -2.15. The van der Waals surface area contributed by atoms with Crippen LogP contribution in [0.3, 0.4) is 0 Å². The van der Waals surface area contributed by atoms with Crippen molar-refractivity contribution in [1.82, 2.24) is 0 Å². The zero-order valence-corrected chi connectivity index (χ0v) is 11.2. The van der Waals surface area contributed by atoms with Gasteiger partial charge in [-0.15, -0.1) is 0 Å². The molecule has 4 nitrogen and oxygen atoms in total. The first kappa shape index (κ1) is 13.7. The van der Waals surface area contributed by atoms with E-state index in [2.05, 4.69) is 0 Å². The highest BCUT2D eigenvalue weighted by molar-refractivity contribution is 7.91. The Kier molecular flexibility index (Phi) is 3.93. The summed E-state index contributed by atoms with van der Waals surface area (Å²) in [6.07, 6.45) is 1.05. The summed E-state index contributed by atoms with van der Waals surface area (Å²) in [6, 6.07) is 3.30. The van der Waals surface area contributed by atoms with Gasteiger partial charge in [0.1, 0.15) is 11.5 Å². The van der Waals surface area contributed by atoms with E-state index in [1.54, 1.807) is 19.2 Å². The van der Waals surface area contributed by atoms with Gasteiger partial charge in [0.2, 0.25) is 0 Å². The zero-order valence-electron chi connectivity index (χ0n) is 10.4. The predicted octanol–water partition coefficient (Wildman–Crippen LogP) is 1.54. The average Bonchev–Trinajstić information content (AvgIpc) is 2.14. The van der Waals surface area contributed by atoms with Crippen LogP contribution < -0.4 is 4.74 Å². The minimum Gasteiger partial charge on any atom is -0.496 e. The molecule has 0 bridgehead atoms. The minimum atomic E-state index is -3.29. The third-order valence-corrected chi connectivity index (χ3v) is 3.17. The summed E-state index contributed by atoms with van der Waals surface area (Å²) in [5, 5.41) is 0. The number of benzene rings is 1. The van der Waals surface area contributed by atoms with Crippen LogP contribution in [0.25, 0.3) is 0 Å². The summed E-state index contributed by atoms with van der Waals surface area (Å²) in [7, 11) is -1.73. The van der Waals surface area contributed by atoms with Crippen molar-refractivity contribution >= 4 is 15.6 Å². The third kappa shape index (κ3) is 3.56. The second-order valence-electron chi connectivity index (χ2n) is 4.14. The summed E-state index contributed by atoms with van der Waals surface area (Å²) < 4.78 is 27.3. The van der Waals surface area contributed by atoms with E-state index < -0.39 is 15.6 Å². The molecule has 0 N–H and O–H groups in total. The summed E-state index contributed by atoms with van der Waals surface area (Å²) in [6.45, 7) is 3.64. The van der Waals surface area contributed by atoms with E-state index in [4.69, 9.17) is 4.74 Å². The second kappa shape index (κ2) is 4.87. The Hall–Kier alpha value is -1.36. The van der Waals surface area contributed by atoms with Crippen molar-refractivity contribution in [2.45, 2.75) is 13.8 Å². The van der Waals surface area contributed by atoms with E-state index in [1.165, 1.54) is 0 Å². The number of hydrogen-bond donors (Lipinski definition) is 0. The number of methoxy groups -OCH3 is 1. The Morgan fingerprint density at radius 1 is 1.24 bits per heavy atom. The number of sulfone groups is 1. The van der Waals surface area contributed by atoms with Gasteiger partial charge in [0.25, 0.3) is 0 Å². The fraction of sp³-hybridized carbons (Fsp3) is 0.417. The van der Waals surface area contributed by atoms with E-state index in [9.17, 15) is 13.2 Å². The number of hydrogen-bond acceptors (Lipinski definition) is 4.